The first-order valence-corrected chi connectivity index (χ1v) is 9.32. The summed E-state index contributed by atoms with van der Waals surface area (Å²) in [5.41, 5.74) is 4.22. The van der Waals surface area contributed by atoms with Gasteiger partial charge < -0.3 is 15.0 Å². The molecule has 1 aromatic heterocycles. The van der Waals surface area contributed by atoms with Crippen LogP contribution in [0.5, 0.6) is 0 Å². The van der Waals surface area contributed by atoms with Crippen molar-refractivity contribution in [1.29, 1.82) is 0 Å². The minimum Gasteiger partial charge on any atom is -0.450 e. The summed E-state index contributed by atoms with van der Waals surface area (Å²) in [6.07, 6.45) is 3.30. The Morgan fingerprint density at radius 2 is 1.74 bits per heavy atom. The summed E-state index contributed by atoms with van der Waals surface area (Å²) in [4.78, 5) is 19.5. The number of H-pyrrole nitrogens is 1. The highest BCUT2D eigenvalue weighted by Gasteiger charge is 2.14. The fraction of sp³-hybridized carbons (Fsp3) is 0.273. The number of aromatic amines is 1. The summed E-state index contributed by atoms with van der Waals surface area (Å²) in [7, 11) is 0. The molecule has 1 amide bonds. The lowest BCUT2D eigenvalue weighted by Gasteiger charge is -2.11. The van der Waals surface area contributed by atoms with Crippen LogP contribution in [0.4, 0.5) is 4.79 Å². The van der Waals surface area contributed by atoms with Gasteiger partial charge in [0.1, 0.15) is 5.82 Å². The van der Waals surface area contributed by atoms with Crippen LogP contribution in [-0.2, 0) is 4.74 Å². The Hall–Kier alpha value is -3.08. The molecular formula is C22H25N3O2. The van der Waals surface area contributed by atoms with Crippen LogP contribution in [0.2, 0.25) is 0 Å². The minimum absolute atomic E-state index is 0.253. The Morgan fingerprint density at radius 3 is 2.44 bits per heavy atom. The number of carbonyl (C=O) groups is 1. The van der Waals surface area contributed by atoms with Gasteiger partial charge in [-0.2, -0.15) is 0 Å². The zero-order chi connectivity index (χ0) is 19.1. The van der Waals surface area contributed by atoms with E-state index < -0.39 is 6.09 Å². The second-order valence-electron chi connectivity index (χ2n) is 6.47. The molecule has 5 nitrogen and oxygen atoms in total. The maximum atomic E-state index is 11.8. The second-order valence-corrected chi connectivity index (χ2v) is 6.47. The van der Waals surface area contributed by atoms with E-state index in [1.807, 2.05) is 31.3 Å². The molecule has 3 rings (SSSR count). The molecule has 3 aromatic rings. The Morgan fingerprint density at radius 1 is 1.07 bits per heavy atom. The van der Waals surface area contributed by atoms with E-state index in [1.165, 1.54) is 11.1 Å². The van der Waals surface area contributed by atoms with Gasteiger partial charge in [-0.3, -0.25) is 0 Å². The number of hydrogen-bond donors (Lipinski definition) is 2. The molecule has 0 aliphatic heterocycles. The average Bonchev–Trinajstić information content (AvgIpc) is 3.19. The number of nitrogens with zero attached hydrogens (tertiary/aromatic N) is 1. The summed E-state index contributed by atoms with van der Waals surface area (Å²) >= 11 is 0. The van der Waals surface area contributed by atoms with Crippen molar-refractivity contribution < 1.29 is 9.53 Å². The topological polar surface area (TPSA) is 67.0 Å². The quantitative estimate of drug-likeness (QED) is 0.558. The fourth-order valence-electron chi connectivity index (χ4n) is 2.77. The van der Waals surface area contributed by atoms with Gasteiger partial charge in [-0.15, -0.1) is 0 Å². The average molecular weight is 363 g/mol. The molecule has 1 heterocycles. The van der Waals surface area contributed by atoms with Crippen molar-refractivity contribution in [3.63, 3.8) is 0 Å². The Balaban J connectivity index is 1.64. The number of amides is 1. The highest BCUT2D eigenvalue weighted by molar-refractivity contribution is 5.69. The number of carbonyl (C=O) groups excluding carboxylic acids is 1. The molecule has 0 unspecified atom stereocenters. The van der Waals surface area contributed by atoms with E-state index in [0.717, 1.165) is 24.1 Å². The number of nitrogens with one attached hydrogen (secondary N) is 2. The molecule has 0 spiro atoms. The Bertz CT molecular complexity index is 857. The third-order valence-corrected chi connectivity index (χ3v) is 4.36. The molecule has 0 aliphatic rings. The minimum atomic E-state index is -0.416. The molecule has 0 radical (unpaired) electrons. The van der Waals surface area contributed by atoms with Crippen molar-refractivity contribution in [2.24, 2.45) is 0 Å². The number of aromatic nitrogens is 2. The van der Waals surface area contributed by atoms with Crippen LogP contribution in [0.15, 0.2) is 60.8 Å². The number of benzene rings is 2. The molecule has 0 saturated carbocycles. The molecule has 5 heteroatoms. The molecule has 0 saturated heterocycles. The number of hydrogen-bond acceptors (Lipinski definition) is 3. The smallest absolute Gasteiger partial charge is 0.407 e. The van der Waals surface area contributed by atoms with E-state index in [0.29, 0.717) is 12.4 Å². The lowest BCUT2D eigenvalue weighted by atomic mass is 10.0. The van der Waals surface area contributed by atoms with Crippen LogP contribution in [0.1, 0.15) is 38.6 Å². The van der Waals surface area contributed by atoms with Crippen LogP contribution in [0.3, 0.4) is 0 Å². The number of rotatable bonds is 7. The van der Waals surface area contributed by atoms with Crippen molar-refractivity contribution in [3.05, 3.63) is 66.6 Å². The third kappa shape index (κ3) is 4.97. The maximum Gasteiger partial charge on any atom is 0.407 e. The van der Waals surface area contributed by atoms with E-state index in [2.05, 4.69) is 58.6 Å². The van der Waals surface area contributed by atoms with E-state index >= 15 is 0 Å². The van der Waals surface area contributed by atoms with Crippen LogP contribution in [0.25, 0.3) is 22.4 Å². The van der Waals surface area contributed by atoms with E-state index in [-0.39, 0.29) is 6.04 Å². The first-order valence-electron chi connectivity index (χ1n) is 9.32. The Kier molecular flexibility index (Phi) is 6.26. The second kappa shape index (κ2) is 9.03. The largest absolute Gasteiger partial charge is 0.450 e. The highest BCUT2D eigenvalue weighted by atomic mass is 16.5. The van der Waals surface area contributed by atoms with Crippen LogP contribution in [0, 0.1) is 0 Å². The fourth-order valence-corrected chi connectivity index (χ4v) is 2.77. The summed E-state index contributed by atoms with van der Waals surface area (Å²) < 4.78 is 5.13. The first kappa shape index (κ1) is 18.7. The van der Waals surface area contributed by atoms with Gasteiger partial charge in [0.2, 0.25) is 0 Å². The molecule has 27 heavy (non-hydrogen) atoms. The van der Waals surface area contributed by atoms with Crippen LogP contribution >= 0.6 is 0 Å². The predicted octanol–water partition coefficient (Wildman–Crippen LogP) is 5.33. The van der Waals surface area contributed by atoms with E-state index in [1.54, 1.807) is 0 Å². The standard InChI is InChI=1S/C22H25N3O2/c1-3-4-14-27-22(26)24-16(2)21-23-15-20(25-21)19-12-10-18(11-13-19)17-8-6-5-7-9-17/h5-13,15-16H,3-4,14H2,1-2H3,(H,23,25)(H,24,26)/t16-/m0/s1. The summed E-state index contributed by atoms with van der Waals surface area (Å²) in [6, 6.07) is 18.3. The molecule has 1 atom stereocenters. The van der Waals surface area contributed by atoms with Crippen LogP contribution < -0.4 is 5.32 Å². The van der Waals surface area contributed by atoms with Gasteiger partial charge >= 0.3 is 6.09 Å². The first-order chi connectivity index (χ1) is 13.2. The lowest BCUT2D eigenvalue weighted by Crippen LogP contribution is -2.28. The SMILES string of the molecule is CCCCOC(=O)N[C@@H](C)c1nc(-c2ccc(-c3ccccc3)cc2)c[nH]1. The third-order valence-electron chi connectivity index (χ3n) is 4.36. The molecule has 140 valence electrons. The summed E-state index contributed by atoms with van der Waals surface area (Å²) in [6.45, 7) is 4.37. The van der Waals surface area contributed by atoms with Crippen LogP contribution in [-0.4, -0.2) is 22.7 Å². The van der Waals surface area contributed by atoms with Gasteiger partial charge in [0, 0.05) is 11.8 Å². The zero-order valence-electron chi connectivity index (χ0n) is 15.7. The van der Waals surface area contributed by atoms with E-state index in [4.69, 9.17) is 4.74 Å². The normalized spacial score (nSPS) is 11.8. The highest BCUT2D eigenvalue weighted by Crippen LogP contribution is 2.24. The number of imidazole rings is 1. The Labute approximate surface area is 159 Å². The molecule has 2 N–H and O–H groups in total. The van der Waals surface area contributed by atoms with Crippen molar-refractivity contribution in [2.45, 2.75) is 32.7 Å². The van der Waals surface area contributed by atoms with Gasteiger partial charge in [-0.05, 0) is 24.5 Å². The summed E-state index contributed by atoms with van der Waals surface area (Å²) in [5.74, 6) is 0.699. The number of ether oxygens (including phenoxy) is 1. The zero-order valence-corrected chi connectivity index (χ0v) is 15.7. The van der Waals surface area contributed by atoms with Gasteiger partial charge in [-0.1, -0.05) is 67.9 Å². The van der Waals surface area contributed by atoms with Gasteiger partial charge in [0.05, 0.1) is 18.3 Å². The maximum absolute atomic E-state index is 11.8. The summed E-state index contributed by atoms with van der Waals surface area (Å²) in [5, 5.41) is 2.80. The molecule has 0 bridgehead atoms. The molecule has 2 aromatic carbocycles. The van der Waals surface area contributed by atoms with Crippen molar-refractivity contribution in [2.75, 3.05) is 6.61 Å². The van der Waals surface area contributed by atoms with Crippen molar-refractivity contribution in [1.82, 2.24) is 15.3 Å². The molecular weight excluding hydrogens is 338 g/mol. The van der Waals surface area contributed by atoms with Crippen molar-refractivity contribution >= 4 is 6.09 Å². The molecule has 0 aliphatic carbocycles. The number of unbranched alkanes of at least 4 members (excludes halogenated alkanes) is 1. The van der Waals surface area contributed by atoms with E-state index in [9.17, 15) is 4.79 Å². The lowest BCUT2D eigenvalue weighted by molar-refractivity contribution is 0.141. The van der Waals surface area contributed by atoms with Gasteiger partial charge in [0.15, 0.2) is 0 Å². The number of alkyl carbamates (subject to hydrolysis) is 1. The monoisotopic (exact) mass is 363 g/mol. The molecule has 0 fully saturated rings. The van der Waals surface area contributed by atoms with Crippen molar-refractivity contribution in [3.8, 4) is 22.4 Å². The van der Waals surface area contributed by atoms with Gasteiger partial charge in [-0.25, -0.2) is 9.78 Å². The van der Waals surface area contributed by atoms with Gasteiger partial charge in [0.25, 0.3) is 0 Å². The predicted molar refractivity (Wildman–Crippen MR) is 107 cm³/mol.